The van der Waals surface area contributed by atoms with Crippen molar-refractivity contribution in [3.05, 3.63) is 87.4 Å². The van der Waals surface area contributed by atoms with E-state index in [-0.39, 0.29) is 32.1 Å². The summed E-state index contributed by atoms with van der Waals surface area (Å²) in [7, 11) is 1.55. The van der Waals surface area contributed by atoms with E-state index in [1.54, 1.807) is 37.4 Å². The van der Waals surface area contributed by atoms with Gasteiger partial charge in [0.15, 0.2) is 5.13 Å². The number of ketones is 1. The zero-order valence-electron chi connectivity index (χ0n) is 18.0. The van der Waals surface area contributed by atoms with Crippen LogP contribution in [0.1, 0.15) is 17.2 Å². The summed E-state index contributed by atoms with van der Waals surface area (Å²) < 4.78 is 6.03. The van der Waals surface area contributed by atoms with Crippen molar-refractivity contribution in [3.8, 4) is 11.5 Å². The minimum Gasteiger partial charge on any atom is -0.508 e. The second-order valence-corrected chi connectivity index (χ2v) is 9.54. The third-order valence-electron chi connectivity index (χ3n) is 5.64. The zero-order chi connectivity index (χ0) is 24.9. The molecule has 1 saturated heterocycles. The third kappa shape index (κ3) is 3.99. The molecular formula is C25H16Cl2N2O5S. The molecule has 10 heteroatoms. The van der Waals surface area contributed by atoms with Crippen molar-refractivity contribution in [3.63, 3.8) is 0 Å². The van der Waals surface area contributed by atoms with Crippen LogP contribution < -0.4 is 9.64 Å². The Labute approximate surface area is 213 Å². The lowest BCUT2D eigenvalue weighted by Crippen LogP contribution is -2.29. The minimum atomic E-state index is -0.993. The molecule has 4 aromatic rings. The average Bonchev–Trinajstić information content (AvgIpc) is 3.38. The maximum absolute atomic E-state index is 13.3. The number of amides is 1. The Morgan fingerprint density at radius 3 is 2.46 bits per heavy atom. The van der Waals surface area contributed by atoms with Crippen molar-refractivity contribution < 1.29 is 24.5 Å². The van der Waals surface area contributed by atoms with Gasteiger partial charge in [-0.1, -0.05) is 46.7 Å². The van der Waals surface area contributed by atoms with Crippen molar-refractivity contribution in [1.29, 1.82) is 0 Å². The maximum Gasteiger partial charge on any atom is 0.301 e. The van der Waals surface area contributed by atoms with Gasteiger partial charge in [0.1, 0.15) is 17.3 Å². The lowest BCUT2D eigenvalue weighted by molar-refractivity contribution is -0.132. The van der Waals surface area contributed by atoms with E-state index in [0.29, 0.717) is 16.8 Å². The highest BCUT2D eigenvalue weighted by molar-refractivity contribution is 7.22. The van der Waals surface area contributed by atoms with E-state index in [9.17, 15) is 19.8 Å². The van der Waals surface area contributed by atoms with Gasteiger partial charge in [0, 0.05) is 5.56 Å². The number of rotatable bonds is 4. The number of hydrogen-bond acceptors (Lipinski definition) is 7. The molecule has 7 nitrogen and oxygen atoms in total. The lowest BCUT2D eigenvalue weighted by atomic mass is 9.95. The fraction of sp³-hybridized carbons (Fsp3) is 0.0800. The standard InChI is InChI=1S/C25H16Cl2N2O5S/c1-34-15-7-9-18-19(11-15)35-25(28-18)29-21(12-2-5-14(30)6-3-12)20(23(32)24(29)33)22(31)13-4-8-16(26)17(27)10-13/h2-11,21,30-31H,1H3/b22-20+. The van der Waals surface area contributed by atoms with Crippen LogP contribution in [0, 0.1) is 0 Å². The molecule has 5 rings (SSSR count). The summed E-state index contributed by atoms with van der Waals surface area (Å²) >= 11 is 13.3. The highest BCUT2D eigenvalue weighted by Gasteiger charge is 2.48. The van der Waals surface area contributed by atoms with Crippen LogP contribution in [0.15, 0.2) is 66.2 Å². The van der Waals surface area contributed by atoms with E-state index < -0.39 is 23.5 Å². The first kappa shape index (κ1) is 23.2. The van der Waals surface area contributed by atoms with Crippen molar-refractivity contribution in [2.24, 2.45) is 0 Å². The van der Waals surface area contributed by atoms with Gasteiger partial charge >= 0.3 is 5.91 Å². The van der Waals surface area contributed by atoms with Gasteiger partial charge in [-0.2, -0.15) is 0 Å². The first-order valence-electron chi connectivity index (χ1n) is 10.3. The number of aromatic nitrogens is 1. The summed E-state index contributed by atoms with van der Waals surface area (Å²) in [5.74, 6) is -1.46. The molecule has 0 bridgehead atoms. The van der Waals surface area contributed by atoms with Crippen LogP contribution in [0.4, 0.5) is 5.13 Å². The highest BCUT2D eigenvalue weighted by Crippen LogP contribution is 2.45. The van der Waals surface area contributed by atoms with Gasteiger partial charge in [0.05, 0.1) is 39.0 Å². The van der Waals surface area contributed by atoms with E-state index >= 15 is 0 Å². The molecule has 176 valence electrons. The number of phenolic OH excluding ortho intramolecular Hbond substituents is 1. The van der Waals surface area contributed by atoms with Crippen molar-refractivity contribution in [1.82, 2.24) is 4.98 Å². The van der Waals surface area contributed by atoms with Gasteiger partial charge in [-0.15, -0.1) is 0 Å². The molecule has 1 aromatic heterocycles. The molecular weight excluding hydrogens is 511 g/mol. The van der Waals surface area contributed by atoms with Crippen LogP contribution in [0.3, 0.4) is 0 Å². The Morgan fingerprint density at radius 1 is 1.03 bits per heavy atom. The maximum atomic E-state index is 13.3. The molecule has 1 atom stereocenters. The van der Waals surface area contributed by atoms with Gasteiger partial charge in [-0.25, -0.2) is 4.98 Å². The van der Waals surface area contributed by atoms with Crippen LogP contribution in [0.5, 0.6) is 11.5 Å². The SMILES string of the molecule is COc1ccc2nc(N3C(=O)C(=O)/C(=C(/O)c4ccc(Cl)c(Cl)c4)C3c3ccc(O)cc3)sc2c1. The predicted molar refractivity (Wildman–Crippen MR) is 136 cm³/mol. The number of carbonyl (C=O) groups excluding carboxylic acids is 2. The number of methoxy groups -OCH3 is 1. The highest BCUT2D eigenvalue weighted by atomic mass is 35.5. The molecule has 0 spiro atoms. The number of ether oxygens (including phenoxy) is 1. The fourth-order valence-corrected chi connectivity index (χ4v) is 5.24. The normalized spacial score (nSPS) is 17.3. The summed E-state index contributed by atoms with van der Waals surface area (Å²) in [6, 6.07) is 14.8. The van der Waals surface area contributed by atoms with Crippen LogP contribution in [0.25, 0.3) is 16.0 Å². The molecule has 3 aromatic carbocycles. The number of thiazole rings is 1. The molecule has 0 aliphatic carbocycles. The van der Waals surface area contributed by atoms with Crippen molar-refractivity contribution in [2.75, 3.05) is 12.0 Å². The summed E-state index contributed by atoms with van der Waals surface area (Å²) in [5, 5.41) is 21.7. The van der Waals surface area contributed by atoms with E-state index in [2.05, 4.69) is 4.98 Å². The smallest absolute Gasteiger partial charge is 0.301 e. The number of aliphatic hydroxyl groups is 1. The summed E-state index contributed by atoms with van der Waals surface area (Å²) in [4.78, 5) is 32.4. The first-order chi connectivity index (χ1) is 16.8. The number of phenols is 1. The van der Waals surface area contributed by atoms with Crippen LogP contribution in [-0.2, 0) is 9.59 Å². The van der Waals surface area contributed by atoms with Gasteiger partial charge in [0.25, 0.3) is 5.78 Å². The van der Waals surface area contributed by atoms with Crippen LogP contribution in [-0.4, -0.2) is 34.0 Å². The Kier molecular flexibility index (Phi) is 5.88. The van der Waals surface area contributed by atoms with Crippen LogP contribution >= 0.6 is 34.5 Å². The Morgan fingerprint density at radius 2 is 1.77 bits per heavy atom. The second-order valence-electron chi connectivity index (χ2n) is 7.72. The largest absolute Gasteiger partial charge is 0.508 e. The van der Waals surface area contributed by atoms with E-state index in [1.807, 2.05) is 0 Å². The van der Waals surface area contributed by atoms with Gasteiger partial charge in [-0.3, -0.25) is 14.5 Å². The van der Waals surface area contributed by atoms with E-state index in [1.165, 1.54) is 46.6 Å². The monoisotopic (exact) mass is 526 g/mol. The number of Topliss-reactive ketones (excluding diaryl/α,β-unsaturated/α-hetero) is 1. The molecule has 1 fully saturated rings. The van der Waals surface area contributed by atoms with Crippen molar-refractivity contribution in [2.45, 2.75) is 6.04 Å². The summed E-state index contributed by atoms with van der Waals surface area (Å²) in [6.45, 7) is 0. The first-order valence-corrected chi connectivity index (χ1v) is 11.9. The molecule has 2 N–H and O–H groups in total. The van der Waals surface area contributed by atoms with E-state index in [4.69, 9.17) is 27.9 Å². The summed E-state index contributed by atoms with van der Waals surface area (Å²) in [6.07, 6.45) is 0. The molecule has 1 amide bonds. The second kappa shape index (κ2) is 8.88. The number of hydrogen-bond donors (Lipinski definition) is 2. The summed E-state index contributed by atoms with van der Waals surface area (Å²) in [5.41, 5.74) is 1.23. The minimum absolute atomic E-state index is 0.0160. The average molecular weight is 527 g/mol. The third-order valence-corrected chi connectivity index (χ3v) is 7.39. The number of fused-ring (bicyclic) bond motifs is 1. The Hall–Kier alpha value is -3.59. The number of halogens is 2. The van der Waals surface area contributed by atoms with Gasteiger partial charge in [0.2, 0.25) is 0 Å². The molecule has 35 heavy (non-hydrogen) atoms. The molecule has 1 aliphatic rings. The quantitative estimate of drug-likeness (QED) is 0.194. The van der Waals surface area contributed by atoms with E-state index in [0.717, 1.165) is 4.70 Å². The number of carbonyl (C=O) groups is 2. The molecule has 0 radical (unpaired) electrons. The molecule has 1 aliphatic heterocycles. The topological polar surface area (TPSA) is 100.0 Å². The molecule has 2 heterocycles. The van der Waals surface area contributed by atoms with Crippen molar-refractivity contribution >= 4 is 67.3 Å². The molecule has 1 unspecified atom stereocenters. The van der Waals surface area contributed by atoms with Gasteiger partial charge < -0.3 is 14.9 Å². The number of benzene rings is 3. The number of nitrogens with zero attached hydrogens (tertiary/aromatic N) is 2. The number of aliphatic hydroxyl groups excluding tert-OH is 1. The zero-order valence-corrected chi connectivity index (χ0v) is 20.4. The Bertz CT molecular complexity index is 1530. The van der Waals surface area contributed by atoms with Gasteiger partial charge in [-0.05, 0) is 54.1 Å². The molecule has 0 saturated carbocycles. The number of aromatic hydroxyl groups is 1. The Balaban J connectivity index is 1.72. The van der Waals surface area contributed by atoms with Crippen LogP contribution in [0.2, 0.25) is 10.0 Å². The predicted octanol–water partition coefficient (Wildman–Crippen LogP) is 5.94. The fourth-order valence-electron chi connectivity index (χ4n) is 3.92. The lowest BCUT2D eigenvalue weighted by Gasteiger charge is -2.23. The number of anilines is 1.